The normalized spacial score (nSPS) is 11.2. The van der Waals surface area contributed by atoms with E-state index >= 15 is 0 Å². The number of unbranched alkanes of at least 4 members (excludes halogenated alkanes) is 14. The molecule has 0 unspecified atom stereocenters. The number of carboxylic acid groups (broad SMARTS) is 1. The molecule has 0 radical (unpaired) electrons. The van der Waals surface area contributed by atoms with E-state index in [2.05, 4.69) is 6.92 Å². The predicted octanol–water partition coefficient (Wildman–Crippen LogP) is 8.96. The van der Waals surface area contributed by atoms with Crippen molar-refractivity contribution in [3.8, 4) is 0 Å². The van der Waals surface area contributed by atoms with Crippen molar-refractivity contribution in [3.63, 3.8) is 0 Å². The van der Waals surface area contributed by atoms with Crippen molar-refractivity contribution in [1.82, 2.24) is 0 Å². The summed E-state index contributed by atoms with van der Waals surface area (Å²) in [4.78, 5) is 10.3. The van der Waals surface area contributed by atoms with E-state index in [1.807, 2.05) is 41.5 Å². The van der Waals surface area contributed by atoms with Crippen LogP contribution in [0.1, 0.15) is 151 Å². The maximum Gasteiger partial charge on any atom is 0.303 e. The molecule has 1 N–H and O–H groups in total. The Hall–Kier alpha value is 0.0643. The molecular weight excluding hydrogens is 452 g/mol. The summed E-state index contributed by atoms with van der Waals surface area (Å²) in [5, 5.41) is 8.52. The van der Waals surface area contributed by atoms with Crippen molar-refractivity contribution in [2.75, 3.05) is 0 Å². The van der Waals surface area contributed by atoms with Crippen LogP contribution in [0.25, 0.3) is 0 Å². The molecule has 0 saturated carbocycles. The van der Waals surface area contributed by atoms with Gasteiger partial charge in [0.05, 0.1) is 0 Å². The van der Waals surface area contributed by atoms with Crippen LogP contribution in [0.5, 0.6) is 0 Å². The Morgan fingerprint density at radius 2 is 0.848 bits per heavy atom. The summed E-state index contributed by atoms with van der Waals surface area (Å²) < 4.78 is 16.8. The molecular formula is C27H57O5Ti. The van der Waals surface area contributed by atoms with Crippen LogP contribution in [-0.4, -0.2) is 29.4 Å². The SMILES string of the molecule is CC(C)[O][Ti]([O]C(C)C)[O]C(C)C.CCCCCCCCCCCCCCCCCC(=O)O. The van der Waals surface area contributed by atoms with E-state index < -0.39 is 25.0 Å². The van der Waals surface area contributed by atoms with Gasteiger partial charge in [0.15, 0.2) is 0 Å². The largest absolute Gasteiger partial charge is 0.481 e. The fourth-order valence-electron chi connectivity index (χ4n) is 3.31. The van der Waals surface area contributed by atoms with Gasteiger partial charge in [0.25, 0.3) is 0 Å². The molecule has 0 atom stereocenters. The predicted molar refractivity (Wildman–Crippen MR) is 136 cm³/mol. The molecule has 0 rings (SSSR count). The van der Waals surface area contributed by atoms with Crippen LogP contribution in [0, 0.1) is 0 Å². The minimum absolute atomic E-state index is 0.187. The first-order valence-electron chi connectivity index (χ1n) is 13.8. The van der Waals surface area contributed by atoms with Gasteiger partial charge in [-0.2, -0.15) is 0 Å². The van der Waals surface area contributed by atoms with E-state index in [1.165, 1.54) is 83.5 Å². The fourth-order valence-corrected chi connectivity index (χ4v) is 5.37. The molecule has 0 saturated heterocycles. The number of hydrogen-bond donors (Lipinski definition) is 1. The Kier molecular flexibility index (Phi) is 28.5. The average Bonchev–Trinajstić information content (AvgIpc) is 2.69. The van der Waals surface area contributed by atoms with E-state index in [4.69, 9.17) is 15.1 Å². The van der Waals surface area contributed by atoms with Crippen LogP contribution in [-0.2, 0) is 33.8 Å². The van der Waals surface area contributed by atoms with Crippen LogP contribution < -0.4 is 0 Å². The van der Waals surface area contributed by atoms with Crippen molar-refractivity contribution >= 4 is 5.97 Å². The van der Waals surface area contributed by atoms with Crippen LogP contribution in [0.3, 0.4) is 0 Å². The van der Waals surface area contributed by atoms with Crippen molar-refractivity contribution in [3.05, 3.63) is 0 Å². The fraction of sp³-hybridized carbons (Fsp3) is 0.963. The van der Waals surface area contributed by atoms with Crippen molar-refractivity contribution in [2.24, 2.45) is 0 Å². The monoisotopic (exact) mass is 509 g/mol. The topological polar surface area (TPSA) is 65.0 Å². The molecule has 0 aromatic carbocycles. The van der Waals surface area contributed by atoms with Gasteiger partial charge in [0.1, 0.15) is 0 Å². The van der Waals surface area contributed by atoms with Crippen molar-refractivity contribution < 1.29 is 38.9 Å². The van der Waals surface area contributed by atoms with Gasteiger partial charge in [0, 0.05) is 6.42 Å². The smallest absolute Gasteiger partial charge is 0.303 e. The number of rotatable bonds is 22. The first-order chi connectivity index (χ1) is 15.7. The molecule has 0 aliphatic rings. The summed E-state index contributed by atoms with van der Waals surface area (Å²) in [7, 11) is 0. The Morgan fingerprint density at radius 3 is 1.09 bits per heavy atom. The number of aliphatic carboxylic acids is 1. The van der Waals surface area contributed by atoms with E-state index in [-0.39, 0.29) is 18.3 Å². The number of carbonyl (C=O) groups is 1. The molecule has 0 spiro atoms. The molecule has 0 fully saturated rings. The number of hydrogen-bond acceptors (Lipinski definition) is 4. The average molecular weight is 510 g/mol. The third-order valence-corrected chi connectivity index (χ3v) is 8.10. The van der Waals surface area contributed by atoms with Gasteiger partial charge < -0.3 is 5.11 Å². The third-order valence-electron chi connectivity index (χ3n) is 4.99. The minimum Gasteiger partial charge on any atom is -0.481 e. The minimum atomic E-state index is -2.18. The maximum absolute atomic E-state index is 10.3. The van der Waals surface area contributed by atoms with E-state index in [0.717, 1.165) is 12.8 Å². The molecule has 0 aromatic rings. The van der Waals surface area contributed by atoms with Crippen LogP contribution in [0.2, 0.25) is 0 Å². The van der Waals surface area contributed by atoms with Gasteiger partial charge >= 0.3 is 94.8 Å². The number of carboxylic acids is 1. The second kappa shape index (κ2) is 26.7. The summed E-state index contributed by atoms with van der Waals surface area (Å²) in [6.45, 7) is 14.3. The molecule has 0 bridgehead atoms. The second-order valence-electron chi connectivity index (χ2n) is 9.84. The summed E-state index contributed by atoms with van der Waals surface area (Å²) in [5.74, 6) is -0.653. The van der Waals surface area contributed by atoms with E-state index in [1.54, 1.807) is 0 Å². The molecule has 199 valence electrons. The second-order valence-corrected chi connectivity index (χ2v) is 11.7. The zero-order valence-electron chi connectivity index (χ0n) is 23.1. The van der Waals surface area contributed by atoms with Crippen LogP contribution in [0.15, 0.2) is 0 Å². The Labute approximate surface area is 214 Å². The van der Waals surface area contributed by atoms with Crippen molar-refractivity contribution in [2.45, 2.75) is 170 Å². The summed E-state index contributed by atoms with van der Waals surface area (Å²) in [5.41, 5.74) is 0. The summed E-state index contributed by atoms with van der Waals surface area (Å²) in [6, 6.07) is 0. The van der Waals surface area contributed by atoms with E-state index in [0.29, 0.717) is 6.42 Å². The molecule has 0 aliphatic carbocycles. The Balaban J connectivity index is 0. The Bertz CT molecular complexity index is 378. The summed E-state index contributed by atoms with van der Waals surface area (Å²) in [6.07, 6.45) is 20.8. The molecule has 0 aliphatic heterocycles. The van der Waals surface area contributed by atoms with Gasteiger partial charge in [-0.25, -0.2) is 0 Å². The van der Waals surface area contributed by atoms with Gasteiger partial charge in [-0.3, -0.25) is 4.79 Å². The van der Waals surface area contributed by atoms with Gasteiger partial charge in [-0.1, -0.05) is 96.8 Å². The van der Waals surface area contributed by atoms with Gasteiger partial charge in [-0.15, -0.1) is 0 Å². The molecule has 0 heterocycles. The standard InChI is InChI=1S/C18H36O2.3C3H7O.Ti/c1-2-3-4-5-6-7-8-9-10-11-12-13-14-15-16-17-18(19)20;3*1-3(2)4;/h2-17H2,1H3,(H,19,20);3*3H,1-2H3;/q;3*-1;+3. The Morgan fingerprint density at radius 1 is 0.576 bits per heavy atom. The first-order valence-corrected chi connectivity index (χ1v) is 15.7. The van der Waals surface area contributed by atoms with Gasteiger partial charge in [0.2, 0.25) is 0 Å². The molecule has 0 aromatic heterocycles. The van der Waals surface area contributed by atoms with Crippen molar-refractivity contribution in [1.29, 1.82) is 0 Å². The molecule has 6 heteroatoms. The molecule has 33 heavy (non-hydrogen) atoms. The zero-order valence-corrected chi connectivity index (χ0v) is 24.7. The van der Waals surface area contributed by atoms with Gasteiger partial charge in [-0.05, 0) is 6.42 Å². The molecule has 5 nitrogen and oxygen atoms in total. The zero-order chi connectivity index (χ0) is 25.3. The first kappa shape index (κ1) is 35.2. The van der Waals surface area contributed by atoms with E-state index in [9.17, 15) is 4.79 Å². The van der Waals surface area contributed by atoms with Crippen LogP contribution >= 0.6 is 0 Å². The molecule has 0 amide bonds. The summed E-state index contributed by atoms with van der Waals surface area (Å²) >= 11 is -2.18. The van der Waals surface area contributed by atoms with Crippen LogP contribution in [0.4, 0.5) is 0 Å². The quantitative estimate of drug-likeness (QED) is 0.117. The third kappa shape index (κ3) is 34.3. The maximum atomic E-state index is 10.3.